The van der Waals surface area contributed by atoms with Gasteiger partial charge in [-0.1, -0.05) is 0 Å². The zero-order valence-corrected chi connectivity index (χ0v) is 22.5. The van der Waals surface area contributed by atoms with Crippen LogP contribution in [0.5, 0.6) is 11.5 Å². The molecule has 0 spiro atoms. The molecule has 200 valence electrons. The first kappa shape index (κ1) is 24.9. The third kappa shape index (κ3) is 5.02. The molecule has 3 aliphatic heterocycles. The minimum Gasteiger partial charge on any atom is -0.497 e. The molecule has 0 amide bonds. The number of ether oxygens (including phenoxy) is 3. The molecule has 0 bridgehead atoms. The second-order valence-corrected chi connectivity index (χ2v) is 12.7. The van der Waals surface area contributed by atoms with Crippen LogP contribution in [0.2, 0.25) is 0 Å². The molecule has 3 fully saturated rings. The van der Waals surface area contributed by atoms with E-state index in [1.807, 2.05) is 6.07 Å². The maximum absolute atomic E-state index is 14.5. The van der Waals surface area contributed by atoms with E-state index >= 15 is 0 Å². The molecular formula is C29H38N2O5S. The normalized spacial score (nSPS) is 22.7. The molecule has 2 aromatic carbocycles. The predicted octanol–water partition coefficient (Wildman–Crippen LogP) is 5.02. The van der Waals surface area contributed by atoms with E-state index in [-0.39, 0.29) is 10.9 Å². The molecule has 0 radical (unpaired) electrons. The first-order valence-corrected chi connectivity index (χ1v) is 15.3. The zero-order chi connectivity index (χ0) is 25.4. The van der Waals surface area contributed by atoms with Crippen molar-refractivity contribution in [3.8, 4) is 11.5 Å². The van der Waals surface area contributed by atoms with Crippen LogP contribution in [-0.2, 0) is 21.2 Å². The molecule has 1 aliphatic carbocycles. The Kier molecular flexibility index (Phi) is 6.97. The van der Waals surface area contributed by atoms with E-state index in [1.165, 1.54) is 18.5 Å². The van der Waals surface area contributed by atoms with E-state index in [1.54, 1.807) is 29.6 Å². The van der Waals surface area contributed by atoms with Gasteiger partial charge < -0.3 is 19.1 Å². The Balaban J connectivity index is 1.37. The number of hydrogen-bond acceptors (Lipinski definition) is 6. The third-order valence-corrected chi connectivity index (χ3v) is 10.3. The topological polar surface area (TPSA) is 68.3 Å². The van der Waals surface area contributed by atoms with Gasteiger partial charge in [-0.3, -0.25) is 4.31 Å². The highest BCUT2D eigenvalue weighted by atomic mass is 32.2. The molecule has 0 N–H and O–H groups in total. The van der Waals surface area contributed by atoms with Gasteiger partial charge in [-0.25, -0.2) is 8.42 Å². The maximum Gasteiger partial charge on any atom is 0.268 e. The number of fused-ring (bicyclic) bond motifs is 1. The lowest BCUT2D eigenvalue weighted by Crippen LogP contribution is -2.45. The number of anilines is 2. The first-order valence-electron chi connectivity index (χ1n) is 13.9. The van der Waals surface area contributed by atoms with Crippen LogP contribution in [0.1, 0.15) is 50.5 Å². The highest BCUT2D eigenvalue weighted by Crippen LogP contribution is 2.47. The summed E-state index contributed by atoms with van der Waals surface area (Å²) in [7, 11) is -2.32. The van der Waals surface area contributed by atoms with Gasteiger partial charge in [0.25, 0.3) is 10.0 Å². The van der Waals surface area contributed by atoms with Crippen molar-refractivity contribution in [1.82, 2.24) is 0 Å². The monoisotopic (exact) mass is 526 g/mol. The Hall–Kier alpha value is -2.45. The van der Waals surface area contributed by atoms with E-state index < -0.39 is 10.0 Å². The molecule has 7 nitrogen and oxygen atoms in total. The largest absolute Gasteiger partial charge is 0.497 e. The molecule has 0 aromatic heterocycles. The number of hydrogen-bond donors (Lipinski definition) is 0. The summed E-state index contributed by atoms with van der Waals surface area (Å²) in [5, 5.41) is 0. The lowest BCUT2D eigenvalue weighted by atomic mass is 9.95. The molecule has 3 heterocycles. The second-order valence-electron chi connectivity index (χ2n) is 10.9. The second kappa shape index (κ2) is 10.4. The van der Waals surface area contributed by atoms with Crippen LogP contribution in [0.25, 0.3) is 0 Å². The maximum atomic E-state index is 14.5. The SMILES string of the molecule is COc1ccc(OCC2CCOCC2)c(S(=O)(=O)N2c3ccc(N4CCCC4)cc3CCC2C2CC2)c1. The lowest BCUT2D eigenvalue weighted by Gasteiger charge is -2.39. The average molecular weight is 527 g/mol. The van der Waals surface area contributed by atoms with E-state index in [0.29, 0.717) is 29.9 Å². The molecule has 2 saturated heterocycles. The van der Waals surface area contributed by atoms with Crippen LogP contribution in [0.3, 0.4) is 0 Å². The lowest BCUT2D eigenvalue weighted by molar-refractivity contribution is 0.0493. The predicted molar refractivity (Wildman–Crippen MR) is 144 cm³/mol. The Morgan fingerprint density at radius 3 is 2.49 bits per heavy atom. The van der Waals surface area contributed by atoms with Crippen molar-refractivity contribution < 1.29 is 22.6 Å². The molecular weight excluding hydrogens is 488 g/mol. The van der Waals surface area contributed by atoms with Crippen molar-refractivity contribution in [2.45, 2.75) is 62.3 Å². The summed E-state index contributed by atoms with van der Waals surface area (Å²) in [5.41, 5.74) is 3.15. The Labute approximate surface area is 220 Å². The summed E-state index contributed by atoms with van der Waals surface area (Å²) in [6.45, 7) is 4.09. The molecule has 1 atom stereocenters. The van der Waals surface area contributed by atoms with Crippen LogP contribution in [0, 0.1) is 11.8 Å². The summed E-state index contributed by atoms with van der Waals surface area (Å²) >= 11 is 0. The van der Waals surface area contributed by atoms with Gasteiger partial charge in [-0.2, -0.15) is 0 Å². The fourth-order valence-corrected chi connectivity index (χ4v) is 8.07. The summed E-state index contributed by atoms with van der Waals surface area (Å²) in [4.78, 5) is 2.61. The summed E-state index contributed by atoms with van der Waals surface area (Å²) in [5.74, 6) is 1.70. The van der Waals surface area contributed by atoms with Crippen LogP contribution >= 0.6 is 0 Å². The van der Waals surface area contributed by atoms with Gasteiger partial charge in [0.05, 0.1) is 19.4 Å². The minimum atomic E-state index is -3.89. The number of nitrogens with zero attached hydrogens (tertiary/aromatic N) is 2. The minimum absolute atomic E-state index is 0.0234. The molecule has 6 rings (SSSR count). The van der Waals surface area contributed by atoms with Gasteiger partial charge >= 0.3 is 0 Å². The highest BCUT2D eigenvalue weighted by Gasteiger charge is 2.45. The van der Waals surface area contributed by atoms with E-state index in [9.17, 15) is 8.42 Å². The van der Waals surface area contributed by atoms with E-state index in [0.717, 1.165) is 76.1 Å². The fourth-order valence-electron chi connectivity index (χ4n) is 6.14. The van der Waals surface area contributed by atoms with Crippen molar-refractivity contribution in [1.29, 1.82) is 0 Å². The van der Waals surface area contributed by atoms with E-state index in [2.05, 4.69) is 17.0 Å². The molecule has 8 heteroatoms. The van der Waals surface area contributed by atoms with Crippen LogP contribution in [0.4, 0.5) is 11.4 Å². The van der Waals surface area contributed by atoms with Crippen LogP contribution in [-0.4, -0.2) is 54.5 Å². The van der Waals surface area contributed by atoms with Crippen LogP contribution in [0.15, 0.2) is 41.3 Å². The van der Waals surface area contributed by atoms with Gasteiger partial charge in [-0.15, -0.1) is 0 Å². The van der Waals surface area contributed by atoms with Gasteiger partial charge in [-0.05, 0) is 99.1 Å². The summed E-state index contributed by atoms with van der Waals surface area (Å²) in [6.07, 6.45) is 8.23. The standard InChI is InChI=1S/C29H38N2O5S/c1-34-25-8-11-28(36-20-21-12-16-35-17-13-21)29(19-25)37(32,33)31-26(22-4-5-22)9-6-23-18-24(7-10-27(23)31)30-14-2-3-15-30/h7-8,10-11,18-19,21-22,26H,2-6,9,12-17,20H2,1H3. The summed E-state index contributed by atoms with van der Waals surface area (Å²) in [6, 6.07) is 11.5. The van der Waals surface area contributed by atoms with Gasteiger partial charge in [0, 0.05) is 44.1 Å². The highest BCUT2D eigenvalue weighted by molar-refractivity contribution is 7.93. The van der Waals surface area contributed by atoms with E-state index in [4.69, 9.17) is 14.2 Å². The van der Waals surface area contributed by atoms with Gasteiger partial charge in [0.2, 0.25) is 0 Å². The average Bonchev–Trinajstić information content (AvgIpc) is 3.64. The van der Waals surface area contributed by atoms with Crippen molar-refractivity contribution in [3.05, 3.63) is 42.0 Å². The first-order chi connectivity index (χ1) is 18.0. The summed E-state index contributed by atoms with van der Waals surface area (Å²) < 4.78 is 47.9. The van der Waals surface area contributed by atoms with Gasteiger partial charge in [0.1, 0.15) is 16.4 Å². The van der Waals surface area contributed by atoms with Crippen molar-refractivity contribution in [2.75, 3.05) is 49.2 Å². The number of sulfonamides is 1. The van der Waals surface area contributed by atoms with Crippen molar-refractivity contribution >= 4 is 21.4 Å². The quantitative estimate of drug-likeness (QED) is 0.481. The fraction of sp³-hybridized carbons (Fsp3) is 0.586. The Bertz CT molecular complexity index is 1220. The molecule has 1 saturated carbocycles. The number of benzene rings is 2. The smallest absolute Gasteiger partial charge is 0.268 e. The Morgan fingerprint density at radius 1 is 0.973 bits per heavy atom. The van der Waals surface area contributed by atoms with Crippen LogP contribution < -0.4 is 18.7 Å². The molecule has 4 aliphatic rings. The number of rotatable bonds is 8. The third-order valence-electron chi connectivity index (χ3n) is 8.45. The zero-order valence-electron chi connectivity index (χ0n) is 21.7. The molecule has 1 unspecified atom stereocenters. The van der Waals surface area contributed by atoms with Crippen molar-refractivity contribution in [2.24, 2.45) is 11.8 Å². The van der Waals surface area contributed by atoms with Crippen molar-refractivity contribution in [3.63, 3.8) is 0 Å². The Morgan fingerprint density at radius 2 is 1.76 bits per heavy atom. The van der Waals surface area contributed by atoms with Gasteiger partial charge in [0.15, 0.2) is 0 Å². The molecule has 37 heavy (non-hydrogen) atoms. The number of aryl methyl sites for hydroxylation is 1. The molecule has 2 aromatic rings. The number of methoxy groups -OCH3 is 1.